The van der Waals surface area contributed by atoms with Crippen molar-refractivity contribution in [2.75, 3.05) is 20.1 Å². The maximum absolute atomic E-state index is 12.1. The minimum Gasteiger partial charge on any atom is -0.481 e. The van der Waals surface area contributed by atoms with E-state index in [4.69, 9.17) is 4.98 Å². The average Bonchev–Trinajstić information content (AvgIpc) is 2.89. The zero-order valence-electron chi connectivity index (χ0n) is 14.9. The van der Waals surface area contributed by atoms with Crippen molar-refractivity contribution >= 4 is 22.8 Å². The summed E-state index contributed by atoms with van der Waals surface area (Å²) in [5.74, 6) is -1.50. The number of nitrogens with zero attached hydrogens (tertiary/aromatic N) is 3. The number of aromatic nitrogens is 1. The number of amides is 1. The number of aliphatic carboxylic acids is 1. The highest BCUT2D eigenvalue weighted by Crippen LogP contribution is 2.42. The van der Waals surface area contributed by atoms with Crippen LogP contribution in [0.1, 0.15) is 25.0 Å². The molecule has 1 atom stereocenters. The number of carboxylic acids is 1. The van der Waals surface area contributed by atoms with Crippen molar-refractivity contribution in [1.29, 1.82) is 0 Å². The van der Waals surface area contributed by atoms with Gasteiger partial charge in [-0.05, 0) is 25.0 Å². The highest BCUT2D eigenvalue weighted by atomic mass is 16.4. The number of likely N-dealkylation sites (tertiary alicyclic amines) is 2. The minimum absolute atomic E-state index is 0.0537. The molecule has 1 aromatic heterocycles. The third-order valence-corrected chi connectivity index (χ3v) is 6.13. The first-order valence-electron chi connectivity index (χ1n) is 9.06. The van der Waals surface area contributed by atoms with Gasteiger partial charge < -0.3 is 10.0 Å². The Hall–Kier alpha value is -2.47. The number of carbonyl (C=O) groups is 2. The fourth-order valence-electron chi connectivity index (χ4n) is 4.51. The van der Waals surface area contributed by atoms with Crippen molar-refractivity contribution in [3.8, 4) is 0 Å². The summed E-state index contributed by atoms with van der Waals surface area (Å²) in [6.07, 6.45) is 1.51. The van der Waals surface area contributed by atoms with Gasteiger partial charge in [-0.25, -0.2) is 0 Å². The second kappa shape index (κ2) is 6.36. The van der Waals surface area contributed by atoms with Gasteiger partial charge >= 0.3 is 5.97 Å². The van der Waals surface area contributed by atoms with E-state index in [1.807, 2.05) is 18.2 Å². The molecule has 0 saturated carbocycles. The first-order chi connectivity index (χ1) is 12.5. The lowest BCUT2D eigenvalue weighted by molar-refractivity contribution is -0.146. The number of hydrogen-bond donors (Lipinski definition) is 1. The molecule has 2 saturated heterocycles. The van der Waals surface area contributed by atoms with Crippen LogP contribution in [0.4, 0.5) is 0 Å². The van der Waals surface area contributed by atoms with E-state index in [1.54, 1.807) is 11.9 Å². The Balaban J connectivity index is 1.47. The number of piperidine rings is 1. The molecule has 2 aliphatic heterocycles. The van der Waals surface area contributed by atoms with Gasteiger partial charge in [-0.2, -0.15) is 0 Å². The monoisotopic (exact) mass is 353 g/mol. The topological polar surface area (TPSA) is 73.7 Å². The quantitative estimate of drug-likeness (QED) is 0.915. The molecule has 6 nitrogen and oxygen atoms in total. The third kappa shape index (κ3) is 2.74. The van der Waals surface area contributed by atoms with Gasteiger partial charge in [-0.1, -0.05) is 24.3 Å². The SMILES string of the molecule is CN1C(=O)C[C@@H](C(=O)O)C12CCN(Cc1ccc3ccccc3n1)CC2. The molecule has 26 heavy (non-hydrogen) atoms. The molecule has 4 rings (SSSR count). The molecule has 3 heterocycles. The van der Waals surface area contributed by atoms with E-state index in [1.165, 1.54) is 0 Å². The van der Waals surface area contributed by atoms with E-state index >= 15 is 0 Å². The van der Waals surface area contributed by atoms with Crippen LogP contribution in [-0.2, 0) is 16.1 Å². The Morgan fingerprint density at radius 2 is 1.96 bits per heavy atom. The number of pyridine rings is 1. The highest BCUT2D eigenvalue weighted by molar-refractivity contribution is 5.88. The normalized spacial score (nSPS) is 23.0. The molecular formula is C20H23N3O3. The number of hydrogen-bond acceptors (Lipinski definition) is 4. The standard InChI is InChI=1S/C20H23N3O3/c1-22-18(24)12-16(19(25)26)20(22)8-10-23(11-9-20)13-15-7-6-14-4-2-3-5-17(14)21-15/h2-7,16H,8-13H2,1H3,(H,25,26)/t16-/m0/s1. The fraction of sp³-hybridized carbons (Fsp3) is 0.450. The van der Waals surface area contributed by atoms with Crippen LogP contribution in [0, 0.1) is 5.92 Å². The van der Waals surface area contributed by atoms with E-state index in [0.29, 0.717) is 12.8 Å². The van der Waals surface area contributed by atoms with Crippen molar-refractivity contribution in [2.24, 2.45) is 5.92 Å². The Bertz CT molecular complexity index is 858. The summed E-state index contributed by atoms with van der Waals surface area (Å²) in [6.45, 7) is 2.29. The van der Waals surface area contributed by atoms with Gasteiger partial charge in [0.1, 0.15) is 0 Å². The van der Waals surface area contributed by atoms with Crippen molar-refractivity contribution in [3.05, 3.63) is 42.1 Å². The van der Waals surface area contributed by atoms with Crippen LogP contribution in [-0.4, -0.2) is 57.4 Å². The number of carboxylic acid groups (broad SMARTS) is 1. The van der Waals surface area contributed by atoms with Crippen molar-refractivity contribution in [2.45, 2.75) is 31.3 Å². The molecule has 2 aromatic rings. The maximum atomic E-state index is 12.1. The summed E-state index contributed by atoms with van der Waals surface area (Å²) >= 11 is 0. The van der Waals surface area contributed by atoms with Crippen molar-refractivity contribution in [1.82, 2.24) is 14.8 Å². The van der Waals surface area contributed by atoms with E-state index in [0.717, 1.165) is 36.2 Å². The van der Waals surface area contributed by atoms with Gasteiger partial charge in [0, 0.05) is 38.5 Å². The van der Waals surface area contributed by atoms with Gasteiger partial charge in [0.05, 0.1) is 22.7 Å². The third-order valence-electron chi connectivity index (χ3n) is 6.13. The lowest BCUT2D eigenvalue weighted by atomic mass is 9.77. The smallest absolute Gasteiger partial charge is 0.309 e. The Labute approximate surface area is 152 Å². The molecule has 1 spiro atoms. The predicted molar refractivity (Wildman–Crippen MR) is 97.5 cm³/mol. The summed E-state index contributed by atoms with van der Waals surface area (Å²) in [5.41, 5.74) is 1.48. The predicted octanol–water partition coefficient (Wildman–Crippen LogP) is 2.13. The molecule has 1 aromatic carbocycles. The van der Waals surface area contributed by atoms with Crippen LogP contribution in [0.15, 0.2) is 36.4 Å². The Morgan fingerprint density at radius 1 is 1.23 bits per heavy atom. The summed E-state index contributed by atoms with van der Waals surface area (Å²) in [4.78, 5) is 32.5. The van der Waals surface area contributed by atoms with Crippen LogP contribution in [0.2, 0.25) is 0 Å². The van der Waals surface area contributed by atoms with Gasteiger partial charge in [0.2, 0.25) is 5.91 Å². The minimum atomic E-state index is -0.854. The molecule has 1 amide bonds. The lowest BCUT2D eigenvalue weighted by Gasteiger charge is -2.45. The number of fused-ring (bicyclic) bond motifs is 1. The molecule has 0 aliphatic carbocycles. The fourth-order valence-corrected chi connectivity index (χ4v) is 4.51. The lowest BCUT2D eigenvalue weighted by Crippen LogP contribution is -2.55. The summed E-state index contributed by atoms with van der Waals surface area (Å²) in [6, 6.07) is 12.2. The van der Waals surface area contributed by atoms with Gasteiger partial charge in [0.15, 0.2) is 0 Å². The zero-order chi connectivity index (χ0) is 18.3. The second-order valence-electron chi connectivity index (χ2n) is 7.42. The number of benzene rings is 1. The van der Waals surface area contributed by atoms with Gasteiger partial charge in [-0.15, -0.1) is 0 Å². The summed E-state index contributed by atoms with van der Waals surface area (Å²) < 4.78 is 0. The van der Waals surface area contributed by atoms with Crippen LogP contribution < -0.4 is 0 Å². The van der Waals surface area contributed by atoms with E-state index in [-0.39, 0.29) is 12.3 Å². The summed E-state index contributed by atoms with van der Waals surface area (Å²) in [5, 5.41) is 10.7. The van der Waals surface area contributed by atoms with Crippen LogP contribution >= 0.6 is 0 Å². The second-order valence-corrected chi connectivity index (χ2v) is 7.42. The van der Waals surface area contributed by atoms with Crippen molar-refractivity contribution < 1.29 is 14.7 Å². The van der Waals surface area contributed by atoms with Gasteiger partial charge in [0.25, 0.3) is 0 Å². The first kappa shape index (κ1) is 17.0. The van der Waals surface area contributed by atoms with Gasteiger partial charge in [-0.3, -0.25) is 19.5 Å². The first-order valence-corrected chi connectivity index (χ1v) is 9.06. The Kier molecular flexibility index (Phi) is 4.15. The average molecular weight is 353 g/mol. The molecular weight excluding hydrogens is 330 g/mol. The molecule has 6 heteroatoms. The number of carbonyl (C=O) groups excluding carboxylic acids is 1. The highest BCUT2D eigenvalue weighted by Gasteiger charge is 2.55. The summed E-state index contributed by atoms with van der Waals surface area (Å²) in [7, 11) is 1.76. The number of rotatable bonds is 3. The van der Waals surface area contributed by atoms with Crippen molar-refractivity contribution in [3.63, 3.8) is 0 Å². The van der Waals surface area contributed by atoms with Crippen LogP contribution in [0.3, 0.4) is 0 Å². The van der Waals surface area contributed by atoms with E-state index in [9.17, 15) is 14.7 Å². The molecule has 1 N–H and O–H groups in total. The Morgan fingerprint density at radius 3 is 2.69 bits per heavy atom. The largest absolute Gasteiger partial charge is 0.481 e. The molecule has 0 radical (unpaired) electrons. The zero-order valence-corrected chi connectivity index (χ0v) is 14.9. The molecule has 0 bridgehead atoms. The molecule has 2 aliphatic rings. The van der Waals surface area contributed by atoms with E-state index < -0.39 is 17.4 Å². The van der Waals surface area contributed by atoms with Crippen LogP contribution in [0.5, 0.6) is 0 Å². The maximum Gasteiger partial charge on any atom is 0.309 e. The molecule has 136 valence electrons. The number of para-hydroxylation sites is 1. The molecule has 0 unspecified atom stereocenters. The molecule has 2 fully saturated rings. The van der Waals surface area contributed by atoms with Crippen LogP contribution in [0.25, 0.3) is 10.9 Å². The van der Waals surface area contributed by atoms with E-state index in [2.05, 4.69) is 23.1 Å².